The lowest BCUT2D eigenvalue weighted by Gasteiger charge is -2.37. The number of halogens is 2. The molecule has 21 heavy (non-hydrogen) atoms. The van der Waals surface area contributed by atoms with E-state index in [-0.39, 0.29) is 5.91 Å². The van der Waals surface area contributed by atoms with Crippen molar-refractivity contribution in [2.45, 2.75) is 32.2 Å². The van der Waals surface area contributed by atoms with E-state index in [2.05, 4.69) is 38.8 Å². The van der Waals surface area contributed by atoms with Crippen molar-refractivity contribution in [1.29, 1.82) is 0 Å². The van der Waals surface area contributed by atoms with E-state index in [0.717, 1.165) is 17.3 Å². The maximum atomic E-state index is 12.7. The number of carboxylic acid groups (broad SMARTS) is 1. The molecule has 114 valence electrons. The molecule has 0 radical (unpaired) electrons. The number of rotatable bonds is 3. The molecule has 1 aromatic carbocycles. The van der Waals surface area contributed by atoms with Gasteiger partial charge in [0.1, 0.15) is 6.04 Å². The van der Waals surface area contributed by atoms with Crippen molar-refractivity contribution >= 4 is 43.7 Å². The predicted molar refractivity (Wildman–Crippen MR) is 87.3 cm³/mol. The zero-order chi connectivity index (χ0) is 15.6. The summed E-state index contributed by atoms with van der Waals surface area (Å²) >= 11 is 6.71. The highest BCUT2D eigenvalue weighted by atomic mass is 79.9. The van der Waals surface area contributed by atoms with Crippen molar-refractivity contribution in [2.24, 2.45) is 5.92 Å². The molecule has 1 aromatic rings. The van der Waals surface area contributed by atoms with Gasteiger partial charge >= 0.3 is 5.97 Å². The smallest absolute Gasteiger partial charge is 0.326 e. The first-order valence-corrected chi connectivity index (χ1v) is 8.51. The summed E-state index contributed by atoms with van der Waals surface area (Å²) in [5.74, 6) is -0.779. The van der Waals surface area contributed by atoms with Gasteiger partial charge < -0.3 is 10.0 Å². The number of carbonyl (C=O) groups is 2. The molecule has 1 aliphatic rings. The fourth-order valence-corrected chi connectivity index (χ4v) is 3.48. The Hall–Kier alpha value is -0.880. The summed E-state index contributed by atoms with van der Waals surface area (Å²) < 4.78 is 1.47. The first-order chi connectivity index (χ1) is 9.93. The Morgan fingerprint density at radius 3 is 2.71 bits per heavy atom. The first-order valence-electron chi connectivity index (χ1n) is 6.92. The number of hydrogen-bond acceptors (Lipinski definition) is 2. The molecule has 2 atom stereocenters. The van der Waals surface area contributed by atoms with E-state index in [0.29, 0.717) is 28.9 Å². The Kier molecular flexibility index (Phi) is 5.43. The van der Waals surface area contributed by atoms with Crippen LogP contribution in [0.2, 0.25) is 0 Å². The minimum absolute atomic E-state index is 0.231. The number of hydrogen-bond donors (Lipinski definition) is 1. The van der Waals surface area contributed by atoms with Crippen molar-refractivity contribution in [3.63, 3.8) is 0 Å². The second kappa shape index (κ2) is 6.92. The van der Waals surface area contributed by atoms with Crippen molar-refractivity contribution in [3.8, 4) is 0 Å². The van der Waals surface area contributed by atoms with Gasteiger partial charge in [0.05, 0.1) is 5.56 Å². The van der Waals surface area contributed by atoms with Crippen LogP contribution in [-0.2, 0) is 4.79 Å². The Morgan fingerprint density at radius 2 is 2.10 bits per heavy atom. The Balaban J connectivity index is 2.28. The number of aliphatic carboxylic acids is 1. The molecule has 1 heterocycles. The molecule has 1 aliphatic heterocycles. The Labute approximate surface area is 140 Å². The number of piperidine rings is 1. The third-order valence-corrected chi connectivity index (χ3v) is 5.18. The predicted octanol–water partition coefficient (Wildman–Crippen LogP) is 3.93. The number of nitrogens with zero attached hydrogens (tertiary/aromatic N) is 1. The van der Waals surface area contributed by atoms with Gasteiger partial charge in [0.25, 0.3) is 5.91 Å². The average molecular weight is 419 g/mol. The number of carboxylic acids is 1. The number of benzene rings is 1. The molecule has 1 N–H and O–H groups in total. The summed E-state index contributed by atoms with van der Waals surface area (Å²) in [6.45, 7) is 2.55. The second-order valence-corrected chi connectivity index (χ2v) is 7.05. The van der Waals surface area contributed by atoms with Crippen LogP contribution in [0, 0.1) is 5.92 Å². The molecule has 1 amide bonds. The lowest BCUT2D eigenvalue weighted by molar-refractivity contribution is -0.144. The molecule has 1 saturated heterocycles. The van der Waals surface area contributed by atoms with Crippen LogP contribution in [0.15, 0.2) is 27.1 Å². The molecular formula is C15H17Br2NO3. The minimum atomic E-state index is -0.924. The van der Waals surface area contributed by atoms with E-state index in [1.807, 2.05) is 6.07 Å². The lowest BCUT2D eigenvalue weighted by atomic mass is 9.88. The summed E-state index contributed by atoms with van der Waals surface area (Å²) in [7, 11) is 0. The minimum Gasteiger partial charge on any atom is -0.480 e. The molecule has 2 rings (SSSR count). The highest BCUT2D eigenvalue weighted by Gasteiger charge is 2.36. The van der Waals surface area contributed by atoms with Gasteiger partial charge in [0, 0.05) is 15.5 Å². The molecule has 6 heteroatoms. The van der Waals surface area contributed by atoms with Crippen LogP contribution in [0.5, 0.6) is 0 Å². The first kappa shape index (κ1) is 16.5. The van der Waals surface area contributed by atoms with E-state index < -0.39 is 12.0 Å². The number of likely N-dealkylation sites (tertiary alicyclic amines) is 1. The molecule has 0 aromatic heterocycles. The van der Waals surface area contributed by atoms with Crippen molar-refractivity contribution in [3.05, 3.63) is 32.7 Å². The molecular weight excluding hydrogens is 402 g/mol. The summed E-state index contributed by atoms with van der Waals surface area (Å²) in [6.07, 6.45) is 2.34. The maximum absolute atomic E-state index is 12.7. The Bertz CT molecular complexity index is 562. The monoisotopic (exact) mass is 417 g/mol. The third-order valence-electron chi connectivity index (χ3n) is 3.99. The highest BCUT2D eigenvalue weighted by Crippen LogP contribution is 2.29. The standard InChI is InChI=1S/C15H17Br2NO3/c1-2-9-5-6-18(13(7-9)15(20)21)14(19)11-8-10(16)3-4-12(11)17/h3-4,8-9,13H,2,5-7H2,1H3,(H,20,21). The third kappa shape index (κ3) is 3.66. The topological polar surface area (TPSA) is 57.6 Å². The van der Waals surface area contributed by atoms with Gasteiger partial charge in [-0.25, -0.2) is 4.79 Å². The number of carbonyl (C=O) groups excluding carboxylic acids is 1. The maximum Gasteiger partial charge on any atom is 0.326 e. The van der Waals surface area contributed by atoms with Crippen LogP contribution in [0.4, 0.5) is 0 Å². The van der Waals surface area contributed by atoms with Crippen molar-refractivity contribution in [2.75, 3.05) is 6.54 Å². The largest absolute Gasteiger partial charge is 0.480 e. The fraction of sp³-hybridized carbons (Fsp3) is 0.467. The zero-order valence-electron chi connectivity index (χ0n) is 11.7. The summed E-state index contributed by atoms with van der Waals surface area (Å²) in [5.41, 5.74) is 0.491. The second-order valence-electron chi connectivity index (χ2n) is 5.28. The molecule has 0 aliphatic carbocycles. The van der Waals surface area contributed by atoms with Crippen molar-refractivity contribution < 1.29 is 14.7 Å². The van der Waals surface area contributed by atoms with E-state index in [1.54, 1.807) is 12.1 Å². The van der Waals surface area contributed by atoms with Gasteiger partial charge in [-0.1, -0.05) is 29.3 Å². The van der Waals surface area contributed by atoms with Gasteiger partial charge in [-0.2, -0.15) is 0 Å². The Morgan fingerprint density at radius 1 is 1.38 bits per heavy atom. The summed E-state index contributed by atoms with van der Waals surface area (Å²) in [6, 6.07) is 4.60. The van der Waals surface area contributed by atoms with Crippen LogP contribution in [0.1, 0.15) is 36.5 Å². The van der Waals surface area contributed by atoms with Crippen LogP contribution >= 0.6 is 31.9 Å². The van der Waals surface area contributed by atoms with Gasteiger partial charge in [-0.05, 0) is 52.9 Å². The summed E-state index contributed by atoms with van der Waals surface area (Å²) in [4.78, 5) is 25.7. The SMILES string of the molecule is CCC1CCN(C(=O)c2cc(Br)ccc2Br)C(C(=O)O)C1. The molecule has 4 nitrogen and oxygen atoms in total. The van der Waals surface area contributed by atoms with Gasteiger partial charge in [-0.15, -0.1) is 0 Å². The van der Waals surface area contributed by atoms with Gasteiger partial charge in [-0.3, -0.25) is 4.79 Å². The van der Waals surface area contributed by atoms with E-state index >= 15 is 0 Å². The molecule has 0 spiro atoms. The molecule has 2 unspecified atom stereocenters. The molecule has 1 fully saturated rings. The average Bonchev–Trinajstić information content (AvgIpc) is 2.48. The number of amides is 1. The van der Waals surface area contributed by atoms with E-state index in [9.17, 15) is 14.7 Å². The molecule has 0 saturated carbocycles. The van der Waals surface area contributed by atoms with Crippen LogP contribution in [0.3, 0.4) is 0 Å². The van der Waals surface area contributed by atoms with Gasteiger partial charge in [0.15, 0.2) is 0 Å². The zero-order valence-corrected chi connectivity index (χ0v) is 14.9. The van der Waals surface area contributed by atoms with Gasteiger partial charge in [0.2, 0.25) is 0 Å². The van der Waals surface area contributed by atoms with Crippen LogP contribution in [-0.4, -0.2) is 34.5 Å². The van der Waals surface area contributed by atoms with Crippen molar-refractivity contribution in [1.82, 2.24) is 4.90 Å². The van der Waals surface area contributed by atoms with Crippen LogP contribution < -0.4 is 0 Å². The van der Waals surface area contributed by atoms with E-state index in [4.69, 9.17) is 0 Å². The van der Waals surface area contributed by atoms with E-state index in [1.165, 1.54) is 4.90 Å². The lowest BCUT2D eigenvalue weighted by Crippen LogP contribution is -2.50. The normalized spacial score (nSPS) is 22.1. The summed E-state index contributed by atoms with van der Waals surface area (Å²) in [5, 5.41) is 9.43. The quantitative estimate of drug-likeness (QED) is 0.808. The molecule has 0 bridgehead atoms. The van der Waals surface area contributed by atoms with Crippen LogP contribution in [0.25, 0.3) is 0 Å². The fourth-order valence-electron chi connectivity index (χ4n) is 2.70. The highest BCUT2D eigenvalue weighted by molar-refractivity contribution is 9.11.